The normalized spacial score (nSPS) is 23.8. The average molecular weight is 229 g/mol. The van der Waals surface area contributed by atoms with E-state index < -0.39 is 17.9 Å². The minimum atomic E-state index is -1.16. The molecule has 0 spiro atoms. The molecule has 2 atom stereocenters. The summed E-state index contributed by atoms with van der Waals surface area (Å²) in [5, 5.41) is 14.0. The van der Waals surface area contributed by atoms with Crippen LogP contribution in [0.4, 0.5) is 0 Å². The molecule has 3 N–H and O–H groups in total. The van der Waals surface area contributed by atoms with Crippen LogP contribution in [-0.2, 0) is 9.59 Å². The second kappa shape index (κ2) is 5.81. The molecule has 1 fully saturated rings. The number of hydrogen-bond acceptors (Lipinski definition) is 4. The van der Waals surface area contributed by atoms with Crippen molar-refractivity contribution in [2.45, 2.75) is 24.9 Å². The number of carboxylic acid groups (broad SMARTS) is 1. The Kier molecular flexibility index (Phi) is 4.70. The van der Waals surface area contributed by atoms with Crippen LogP contribution in [0, 0.1) is 0 Å². The van der Waals surface area contributed by atoms with Crippen LogP contribution in [0.2, 0.25) is 0 Å². The molecular weight excluding hydrogens is 210 g/mol. The highest BCUT2D eigenvalue weighted by molar-refractivity contribution is 6.01. The Hall–Kier alpha value is -1.14. The second-order valence-electron chi connectivity index (χ2n) is 4.17. The molecule has 6 heteroatoms. The fraction of sp³-hybridized carbons (Fsp3) is 0.800. The van der Waals surface area contributed by atoms with Crippen molar-refractivity contribution in [3.05, 3.63) is 0 Å². The number of likely N-dealkylation sites (N-methyl/N-ethyl adjacent to an activating group) is 2. The number of aliphatic carboxylic acids is 1. The summed E-state index contributed by atoms with van der Waals surface area (Å²) in [6.07, 6.45) is 1.94. The van der Waals surface area contributed by atoms with Crippen LogP contribution in [0.3, 0.4) is 0 Å². The Morgan fingerprint density at radius 1 is 1.50 bits per heavy atom. The lowest BCUT2D eigenvalue weighted by Gasteiger charge is -2.30. The number of nitrogens with zero attached hydrogens (tertiary/aromatic N) is 1. The van der Waals surface area contributed by atoms with Gasteiger partial charge < -0.3 is 15.3 Å². The van der Waals surface area contributed by atoms with Gasteiger partial charge >= 0.3 is 5.97 Å². The highest BCUT2D eigenvalue weighted by Gasteiger charge is 2.27. The van der Waals surface area contributed by atoms with E-state index in [1.807, 2.05) is 7.05 Å². The van der Waals surface area contributed by atoms with Crippen molar-refractivity contribution in [2.75, 3.05) is 27.2 Å². The van der Waals surface area contributed by atoms with E-state index in [2.05, 4.69) is 15.5 Å². The Balaban J connectivity index is 2.46. The minimum absolute atomic E-state index is 0.0569. The lowest BCUT2D eigenvalue weighted by molar-refractivity contribution is -0.144. The fourth-order valence-corrected chi connectivity index (χ4v) is 1.94. The minimum Gasteiger partial charge on any atom is -0.480 e. The molecule has 92 valence electrons. The van der Waals surface area contributed by atoms with Gasteiger partial charge in [0.15, 0.2) is 6.04 Å². The molecular formula is C10H19N3O3. The first kappa shape index (κ1) is 12.9. The molecule has 0 radical (unpaired) electrons. The van der Waals surface area contributed by atoms with Crippen molar-refractivity contribution < 1.29 is 14.7 Å². The molecule has 16 heavy (non-hydrogen) atoms. The van der Waals surface area contributed by atoms with Crippen LogP contribution in [-0.4, -0.2) is 61.2 Å². The number of piperidine rings is 1. The van der Waals surface area contributed by atoms with Crippen LogP contribution in [0.15, 0.2) is 0 Å². The summed E-state index contributed by atoms with van der Waals surface area (Å²) in [6, 6.07) is -1.10. The van der Waals surface area contributed by atoms with Gasteiger partial charge in [0, 0.05) is 12.6 Å². The van der Waals surface area contributed by atoms with Crippen LogP contribution >= 0.6 is 0 Å². The van der Waals surface area contributed by atoms with Gasteiger partial charge in [-0.2, -0.15) is 0 Å². The fourth-order valence-electron chi connectivity index (χ4n) is 1.94. The highest BCUT2D eigenvalue weighted by Crippen LogP contribution is 2.07. The van der Waals surface area contributed by atoms with Crippen molar-refractivity contribution >= 4 is 11.9 Å². The maximum Gasteiger partial charge on any atom is 0.330 e. The smallest absolute Gasteiger partial charge is 0.330 e. The van der Waals surface area contributed by atoms with Gasteiger partial charge in [-0.05, 0) is 33.5 Å². The van der Waals surface area contributed by atoms with E-state index in [1.165, 1.54) is 7.05 Å². The topological polar surface area (TPSA) is 81.7 Å². The van der Waals surface area contributed by atoms with E-state index >= 15 is 0 Å². The molecule has 1 aliphatic heterocycles. The third kappa shape index (κ3) is 3.46. The molecule has 1 rings (SSSR count). The highest BCUT2D eigenvalue weighted by atomic mass is 16.4. The summed E-state index contributed by atoms with van der Waals surface area (Å²) in [5.41, 5.74) is 0. The predicted molar refractivity (Wildman–Crippen MR) is 59.1 cm³/mol. The maximum absolute atomic E-state index is 11.6. The lowest BCUT2D eigenvalue weighted by atomic mass is 10.1. The number of carboxylic acids is 1. The van der Waals surface area contributed by atoms with E-state index in [0.29, 0.717) is 0 Å². The first-order valence-corrected chi connectivity index (χ1v) is 5.43. The lowest BCUT2D eigenvalue weighted by Crippen LogP contribution is -2.54. The summed E-state index contributed by atoms with van der Waals surface area (Å²) in [5.74, 6) is -1.61. The van der Waals surface area contributed by atoms with E-state index in [9.17, 15) is 9.59 Å². The number of rotatable bonds is 4. The zero-order valence-corrected chi connectivity index (χ0v) is 9.69. The monoisotopic (exact) mass is 229 g/mol. The quantitative estimate of drug-likeness (QED) is 0.531. The molecule has 1 aliphatic rings. The predicted octanol–water partition coefficient (Wildman–Crippen LogP) is -1.13. The molecule has 1 heterocycles. The molecule has 0 saturated carbocycles. The van der Waals surface area contributed by atoms with Crippen LogP contribution in [0.25, 0.3) is 0 Å². The number of amides is 1. The summed E-state index contributed by atoms with van der Waals surface area (Å²) < 4.78 is 0. The molecule has 0 aliphatic carbocycles. The van der Waals surface area contributed by atoms with E-state index in [-0.39, 0.29) is 6.04 Å². The van der Waals surface area contributed by atoms with Crippen LogP contribution in [0.1, 0.15) is 12.8 Å². The van der Waals surface area contributed by atoms with Gasteiger partial charge in [0.2, 0.25) is 5.91 Å². The summed E-state index contributed by atoms with van der Waals surface area (Å²) >= 11 is 0. The molecule has 0 aromatic carbocycles. The van der Waals surface area contributed by atoms with Gasteiger partial charge in [0.05, 0.1) is 0 Å². The third-order valence-corrected chi connectivity index (χ3v) is 2.77. The zero-order chi connectivity index (χ0) is 12.1. The molecule has 0 aromatic rings. The van der Waals surface area contributed by atoms with Gasteiger partial charge in [-0.1, -0.05) is 0 Å². The van der Waals surface area contributed by atoms with Gasteiger partial charge in [-0.3, -0.25) is 10.1 Å². The molecule has 1 amide bonds. The Morgan fingerprint density at radius 2 is 2.19 bits per heavy atom. The van der Waals surface area contributed by atoms with Crippen molar-refractivity contribution in [3.8, 4) is 0 Å². The van der Waals surface area contributed by atoms with Crippen molar-refractivity contribution in [1.29, 1.82) is 0 Å². The first-order valence-electron chi connectivity index (χ1n) is 5.43. The van der Waals surface area contributed by atoms with Crippen molar-refractivity contribution in [3.63, 3.8) is 0 Å². The van der Waals surface area contributed by atoms with Crippen LogP contribution in [0.5, 0.6) is 0 Å². The Labute approximate surface area is 95.0 Å². The maximum atomic E-state index is 11.6. The van der Waals surface area contributed by atoms with E-state index in [0.717, 1.165) is 25.9 Å². The molecule has 0 aromatic heterocycles. The number of carbonyl (C=O) groups excluding carboxylic acids is 1. The average Bonchev–Trinajstić information content (AvgIpc) is 2.17. The molecule has 1 saturated heterocycles. The van der Waals surface area contributed by atoms with E-state index in [1.54, 1.807) is 0 Å². The zero-order valence-electron chi connectivity index (χ0n) is 9.69. The molecule has 0 bridgehead atoms. The SMILES string of the molecule is CNC(C(=O)O)C(=O)NC1CCCN(C)C1. The summed E-state index contributed by atoms with van der Waals surface area (Å²) in [4.78, 5) is 24.5. The van der Waals surface area contributed by atoms with Gasteiger partial charge in [0.1, 0.15) is 0 Å². The van der Waals surface area contributed by atoms with E-state index in [4.69, 9.17) is 5.11 Å². The van der Waals surface area contributed by atoms with Gasteiger partial charge in [0.25, 0.3) is 0 Å². The Bertz CT molecular complexity index is 270. The summed E-state index contributed by atoms with van der Waals surface area (Å²) in [7, 11) is 3.45. The molecule has 2 unspecified atom stereocenters. The standard InChI is InChI=1S/C10H19N3O3/c1-11-8(10(15)16)9(14)12-7-4-3-5-13(2)6-7/h7-8,11H,3-6H2,1-2H3,(H,12,14)(H,15,16). The van der Waals surface area contributed by atoms with Crippen LogP contribution < -0.4 is 10.6 Å². The number of hydrogen-bond donors (Lipinski definition) is 3. The number of likely N-dealkylation sites (tertiary alicyclic amines) is 1. The largest absolute Gasteiger partial charge is 0.480 e. The third-order valence-electron chi connectivity index (χ3n) is 2.77. The molecule has 6 nitrogen and oxygen atoms in total. The second-order valence-corrected chi connectivity index (χ2v) is 4.17. The number of carbonyl (C=O) groups is 2. The van der Waals surface area contributed by atoms with Crippen molar-refractivity contribution in [2.24, 2.45) is 0 Å². The summed E-state index contributed by atoms with van der Waals surface area (Å²) in [6.45, 7) is 1.81. The van der Waals surface area contributed by atoms with Gasteiger partial charge in [-0.15, -0.1) is 0 Å². The number of nitrogens with one attached hydrogen (secondary N) is 2. The Morgan fingerprint density at radius 3 is 2.69 bits per heavy atom. The first-order chi connectivity index (χ1) is 7.54. The van der Waals surface area contributed by atoms with Gasteiger partial charge in [-0.25, -0.2) is 4.79 Å². The van der Waals surface area contributed by atoms with Crippen molar-refractivity contribution in [1.82, 2.24) is 15.5 Å².